The second kappa shape index (κ2) is 9.12. The zero-order chi connectivity index (χ0) is 22.8. The van der Waals surface area contributed by atoms with Gasteiger partial charge in [-0.25, -0.2) is 0 Å². The Morgan fingerprint density at radius 1 is 0.788 bits per heavy atom. The molecule has 5 nitrogen and oxygen atoms in total. The Morgan fingerprint density at radius 3 is 2.12 bits per heavy atom. The molecule has 1 saturated heterocycles. The lowest BCUT2D eigenvalue weighted by Crippen LogP contribution is -2.32. The maximum atomic E-state index is 13.4. The highest BCUT2D eigenvalue weighted by Gasteiger charge is 2.39. The molecule has 0 radical (unpaired) electrons. The average Bonchev–Trinajstić information content (AvgIpc) is 3.45. The standard InChI is InChI=1S/C27H24ClN3O2/c28-21-10-8-19(9-11-21)18-31-26(32)24(20-6-2-1-3-7-20)25(27(31)33)29-22-12-14-23(15-13-22)30-16-4-5-17-30/h1-3,6-15,29H,4-5,16-18H2. The summed E-state index contributed by atoms with van der Waals surface area (Å²) in [7, 11) is 0. The van der Waals surface area contributed by atoms with Gasteiger partial charge in [0.1, 0.15) is 5.70 Å². The fraction of sp³-hybridized carbons (Fsp3) is 0.185. The third-order valence-electron chi connectivity index (χ3n) is 6.09. The van der Waals surface area contributed by atoms with Crippen LogP contribution in [0.5, 0.6) is 0 Å². The van der Waals surface area contributed by atoms with Gasteiger partial charge in [0.15, 0.2) is 0 Å². The monoisotopic (exact) mass is 457 g/mol. The van der Waals surface area contributed by atoms with Crippen LogP contribution in [0.3, 0.4) is 0 Å². The predicted octanol–water partition coefficient (Wildman–Crippen LogP) is 5.33. The van der Waals surface area contributed by atoms with Gasteiger partial charge in [-0.15, -0.1) is 0 Å². The van der Waals surface area contributed by atoms with Crippen LogP contribution >= 0.6 is 11.6 Å². The number of hydrogen-bond acceptors (Lipinski definition) is 4. The van der Waals surface area contributed by atoms with E-state index in [1.807, 2.05) is 54.6 Å². The van der Waals surface area contributed by atoms with E-state index >= 15 is 0 Å². The molecule has 33 heavy (non-hydrogen) atoms. The maximum Gasteiger partial charge on any atom is 0.278 e. The Labute approximate surface area is 198 Å². The van der Waals surface area contributed by atoms with Gasteiger partial charge >= 0.3 is 0 Å². The zero-order valence-electron chi connectivity index (χ0n) is 18.1. The summed E-state index contributed by atoms with van der Waals surface area (Å²) < 4.78 is 0. The molecular formula is C27H24ClN3O2. The van der Waals surface area contributed by atoms with Gasteiger partial charge in [0.05, 0.1) is 12.1 Å². The molecule has 0 unspecified atom stereocenters. The van der Waals surface area contributed by atoms with Crippen LogP contribution in [0.25, 0.3) is 5.57 Å². The van der Waals surface area contributed by atoms with E-state index in [1.54, 1.807) is 12.1 Å². The number of carbonyl (C=O) groups excluding carboxylic acids is 2. The van der Waals surface area contributed by atoms with Gasteiger partial charge in [-0.3, -0.25) is 14.5 Å². The Morgan fingerprint density at radius 2 is 1.45 bits per heavy atom. The summed E-state index contributed by atoms with van der Waals surface area (Å²) in [6.07, 6.45) is 2.43. The number of benzene rings is 3. The Bertz CT molecular complexity index is 1200. The molecule has 5 rings (SSSR count). The highest BCUT2D eigenvalue weighted by atomic mass is 35.5. The summed E-state index contributed by atoms with van der Waals surface area (Å²) in [4.78, 5) is 30.4. The summed E-state index contributed by atoms with van der Waals surface area (Å²) in [6, 6.07) is 24.5. The molecule has 3 aromatic carbocycles. The lowest BCUT2D eigenvalue weighted by atomic mass is 10.0. The number of imide groups is 1. The summed E-state index contributed by atoms with van der Waals surface area (Å²) in [5, 5.41) is 3.85. The van der Waals surface area contributed by atoms with Crippen LogP contribution in [0, 0.1) is 0 Å². The first kappa shape index (κ1) is 21.3. The number of amides is 2. The first-order chi connectivity index (χ1) is 16.1. The average molecular weight is 458 g/mol. The molecule has 2 aliphatic rings. The van der Waals surface area contributed by atoms with E-state index in [4.69, 9.17) is 11.6 Å². The van der Waals surface area contributed by atoms with Crippen LogP contribution in [0.4, 0.5) is 11.4 Å². The van der Waals surface area contributed by atoms with Gasteiger partial charge in [0.2, 0.25) is 0 Å². The van der Waals surface area contributed by atoms with E-state index in [2.05, 4.69) is 22.3 Å². The van der Waals surface area contributed by atoms with Crippen molar-refractivity contribution in [2.24, 2.45) is 0 Å². The molecule has 6 heteroatoms. The van der Waals surface area contributed by atoms with Crippen molar-refractivity contribution in [3.63, 3.8) is 0 Å². The smallest absolute Gasteiger partial charge is 0.278 e. The molecule has 3 aromatic rings. The quantitative estimate of drug-likeness (QED) is 0.508. The lowest BCUT2D eigenvalue weighted by molar-refractivity contribution is -0.137. The lowest BCUT2D eigenvalue weighted by Gasteiger charge is -2.18. The fourth-order valence-electron chi connectivity index (χ4n) is 4.36. The number of carbonyl (C=O) groups is 2. The highest BCUT2D eigenvalue weighted by molar-refractivity contribution is 6.36. The molecule has 166 valence electrons. The van der Waals surface area contributed by atoms with Crippen LogP contribution in [0.15, 0.2) is 84.6 Å². The Kier molecular flexibility index (Phi) is 5.88. The minimum atomic E-state index is -0.336. The van der Waals surface area contributed by atoms with Gasteiger partial charge < -0.3 is 10.2 Å². The van der Waals surface area contributed by atoms with Crippen molar-refractivity contribution in [3.05, 3.63) is 101 Å². The molecule has 2 amide bonds. The molecule has 0 spiro atoms. The molecule has 2 heterocycles. The van der Waals surface area contributed by atoms with Crippen LogP contribution in [0.2, 0.25) is 5.02 Å². The first-order valence-corrected chi connectivity index (χ1v) is 11.5. The first-order valence-electron chi connectivity index (χ1n) is 11.1. The number of nitrogens with one attached hydrogen (secondary N) is 1. The van der Waals surface area contributed by atoms with Crippen molar-refractivity contribution in [2.45, 2.75) is 19.4 Å². The van der Waals surface area contributed by atoms with Crippen molar-refractivity contribution < 1.29 is 9.59 Å². The topological polar surface area (TPSA) is 52.7 Å². The van der Waals surface area contributed by atoms with E-state index < -0.39 is 0 Å². The minimum absolute atomic E-state index is 0.185. The Balaban J connectivity index is 1.45. The van der Waals surface area contributed by atoms with E-state index in [0.29, 0.717) is 21.9 Å². The van der Waals surface area contributed by atoms with Gasteiger partial charge in [-0.2, -0.15) is 0 Å². The number of anilines is 2. The van der Waals surface area contributed by atoms with Crippen molar-refractivity contribution in [2.75, 3.05) is 23.3 Å². The number of nitrogens with zero attached hydrogens (tertiary/aromatic N) is 2. The largest absolute Gasteiger partial charge is 0.372 e. The molecule has 1 N–H and O–H groups in total. The van der Waals surface area contributed by atoms with Gasteiger partial charge in [0.25, 0.3) is 11.8 Å². The van der Waals surface area contributed by atoms with Crippen molar-refractivity contribution in [1.29, 1.82) is 0 Å². The summed E-state index contributed by atoms with van der Waals surface area (Å²) in [5.74, 6) is -0.644. The fourth-order valence-corrected chi connectivity index (χ4v) is 4.48. The molecule has 2 aliphatic heterocycles. The van der Waals surface area contributed by atoms with Crippen LogP contribution in [-0.4, -0.2) is 29.8 Å². The van der Waals surface area contributed by atoms with E-state index in [-0.39, 0.29) is 18.4 Å². The second-order valence-corrected chi connectivity index (χ2v) is 8.74. The molecule has 0 aliphatic carbocycles. The molecular weight excluding hydrogens is 434 g/mol. The maximum absolute atomic E-state index is 13.4. The molecule has 0 atom stereocenters. The second-order valence-electron chi connectivity index (χ2n) is 8.30. The third kappa shape index (κ3) is 4.37. The van der Waals surface area contributed by atoms with Crippen molar-refractivity contribution >= 4 is 40.4 Å². The molecule has 1 fully saturated rings. The predicted molar refractivity (Wildman–Crippen MR) is 132 cm³/mol. The number of halogens is 1. The van der Waals surface area contributed by atoms with Gasteiger partial charge in [-0.1, -0.05) is 54.1 Å². The minimum Gasteiger partial charge on any atom is -0.372 e. The highest BCUT2D eigenvalue weighted by Crippen LogP contribution is 2.32. The van der Waals surface area contributed by atoms with Gasteiger partial charge in [0, 0.05) is 29.5 Å². The van der Waals surface area contributed by atoms with Crippen LogP contribution in [-0.2, 0) is 16.1 Å². The third-order valence-corrected chi connectivity index (χ3v) is 6.34. The molecule has 0 saturated carbocycles. The van der Waals surface area contributed by atoms with Crippen molar-refractivity contribution in [3.8, 4) is 0 Å². The molecule has 0 aromatic heterocycles. The summed E-state index contributed by atoms with van der Waals surface area (Å²) >= 11 is 5.99. The molecule has 0 bridgehead atoms. The SMILES string of the molecule is O=C1C(Nc2ccc(N3CCCC3)cc2)=C(c2ccccc2)C(=O)N1Cc1ccc(Cl)cc1. The summed E-state index contributed by atoms with van der Waals surface area (Å²) in [6.45, 7) is 2.33. The van der Waals surface area contributed by atoms with Gasteiger partial charge in [-0.05, 0) is 60.4 Å². The van der Waals surface area contributed by atoms with Crippen LogP contribution < -0.4 is 10.2 Å². The summed E-state index contributed by atoms with van der Waals surface area (Å²) in [5.41, 5.74) is 4.19. The van der Waals surface area contributed by atoms with E-state index in [0.717, 1.165) is 24.3 Å². The van der Waals surface area contributed by atoms with Crippen molar-refractivity contribution in [1.82, 2.24) is 4.90 Å². The van der Waals surface area contributed by atoms with E-state index in [1.165, 1.54) is 23.4 Å². The Hall–Kier alpha value is -3.57. The number of hydrogen-bond donors (Lipinski definition) is 1. The van der Waals surface area contributed by atoms with Crippen LogP contribution in [0.1, 0.15) is 24.0 Å². The number of rotatable bonds is 6. The van der Waals surface area contributed by atoms with E-state index in [9.17, 15) is 9.59 Å². The zero-order valence-corrected chi connectivity index (χ0v) is 18.9. The normalized spacial score (nSPS) is 16.2.